The van der Waals surface area contributed by atoms with Gasteiger partial charge in [0.2, 0.25) is 11.8 Å². The lowest BCUT2D eigenvalue weighted by molar-refractivity contribution is -0.122. The number of rotatable bonds is 6. The quantitative estimate of drug-likeness (QED) is 0.592. The molecule has 6 heteroatoms. The molecule has 1 fully saturated rings. The van der Waals surface area contributed by atoms with Crippen molar-refractivity contribution in [1.82, 2.24) is 0 Å². The van der Waals surface area contributed by atoms with Crippen LogP contribution in [0.5, 0.6) is 5.75 Å². The van der Waals surface area contributed by atoms with Gasteiger partial charge in [-0.25, -0.2) is 0 Å². The highest BCUT2D eigenvalue weighted by atomic mass is 16.5. The van der Waals surface area contributed by atoms with E-state index in [1.807, 2.05) is 25.1 Å². The largest absolute Gasteiger partial charge is 0.497 e. The van der Waals surface area contributed by atoms with Gasteiger partial charge in [0.15, 0.2) is 0 Å². The van der Waals surface area contributed by atoms with Gasteiger partial charge in [-0.05, 0) is 67.4 Å². The topological polar surface area (TPSA) is 75.7 Å². The predicted octanol–water partition coefficient (Wildman–Crippen LogP) is 4.38. The van der Waals surface area contributed by atoms with Gasteiger partial charge in [-0.3, -0.25) is 19.3 Å². The number of ether oxygens (including phenoxy) is 1. The highest BCUT2D eigenvalue weighted by Gasteiger charge is 2.39. The maximum Gasteiger partial charge on any atom is 0.255 e. The second kappa shape index (κ2) is 9.06. The lowest BCUT2D eigenvalue weighted by atomic mass is 9.96. The second-order valence-corrected chi connectivity index (χ2v) is 7.89. The van der Waals surface area contributed by atoms with Crippen molar-refractivity contribution in [3.8, 4) is 5.75 Å². The van der Waals surface area contributed by atoms with Gasteiger partial charge in [0, 0.05) is 17.7 Å². The summed E-state index contributed by atoms with van der Waals surface area (Å²) >= 11 is 0. The molecule has 3 amide bonds. The van der Waals surface area contributed by atoms with Gasteiger partial charge in [-0.1, -0.05) is 29.8 Å². The molecule has 0 radical (unpaired) electrons. The first-order chi connectivity index (χ1) is 15.4. The Morgan fingerprint density at radius 2 is 1.75 bits per heavy atom. The molecule has 3 aromatic carbocycles. The van der Waals surface area contributed by atoms with Crippen molar-refractivity contribution in [2.75, 3.05) is 17.3 Å². The fourth-order valence-corrected chi connectivity index (χ4v) is 3.82. The molecule has 0 spiro atoms. The number of nitrogens with one attached hydrogen (secondary N) is 1. The van der Waals surface area contributed by atoms with Crippen molar-refractivity contribution in [1.29, 1.82) is 0 Å². The van der Waals surface area contributed by atoms with Crippen LogP contribution < -0.4 is 15.0 Å². The molecule has 0 saturated carbocycles. The van der Waals surface area contributed by atoms with Gasteiger partial charge in [0.05, 0.1) is 18.7 Å². The number of carbonyl (C=O) groups is 3. The molecule has 3 aromatic rings. The van der Waals surface area contributed by atoms with E-state index in [0.29, 0.717) is 29.1 Å². The monoisotopic (exact) mass is 428 g/mol. The average Bonchev–Trinajstić information content (AvgIpc) is 3.08. The number of hydrogen-bond donors (Lipinski definition) is 1. The molecule has 4 rings (SSSR count). The highest BCUT2D eigenvalue weighted by molar-refractivity contribution is 6.21. The minimum atomic E-state index is -0.441. The zero-order valence-corrected chi connectivity index (χ0v) is 18.0. The van der Waals surface area contributed by atoms with Crippen LogP contribution in [0.4, 0.5) is 11.4 Å². The van der Waals surface area contributed by atoms with E-state index in [4.69, 9.17) is 4.74 Å². The Labute approximate surface area is 186 Å². The van der Waals surface area contributed by atoms with Crippen LogP contribution in [0, 0.1) is 12.8 Å². The van der Waals surface area contributed by atoms with Crippen LogP contribution in [-0.2, 0) is 16.0 Å². The number of carbonyl (C=O) groups excluding carboxylic acids is 3. The third-order valence-corrected chi connectivity index (χ3v) is 5.55. The Balaban J connectivity index is 1.45. The fraction of sp³-hybridized carbons (Fsp3) is 0.192. The number of methoxy groups -OCH3 is 1. The van der Waals surface area contributed by atoms with Crippen molar-refractivity contribution in [3.63, 3.8) is 0 Å². The summed E-state index contributed by atoms with van der Waals surface area (Å²) in [6.07, 6.45) is 0.561. The van der Waals surface area contributed by atoms with Crippen LogP contribution in [0.1, 0.15) is 27.9 Å². The van der Waals surface area contributed by atoms with Crippen LogP contribution >= 0.6 is 0 Å². The first-order valence-electron chi connectivity index (χ1n) is 10.4. The fourth-order valence-electron chi connectivity index (χ4n) is 3.82. The molecule has 162 valence electrons. The molecule has 6 nitrogen and oxygen atoms in total. The van der Waals surface area contributed by atoms with Gasteiger partial charge in [0.1, 0.15) is 5.75 Å². The predicted molar refractivity (Wildman–Crippen MR) is 123 cm³/mol. The zero-order valence-electron chi connectivity index (χ0n) is 18.0. The highest BCUT2D eigenvalue weighted by Crippen LogP contribution is 2.29. The number of nitrogens with zero attached hydrogens (tertiary/aromatic N) is 1. The first kappa shape index (κ1) is 21.3. The summed E-state index contributed by atoms with van der Waals surface area (Å²) in [5.41, 5.74) is 3.65. The molecule has 0 bridgehead atoms. The first-order valence-corrected chi connectivity index (χ1v) is 10.4. The molecule has 0 aliphatic carbocycles. The van der Waals surface area contributed by atoms with Gasteiger partial charge < -0.3 is 10.1 Å². The van der Waals surface area contributed by atoms with Crippen LogP contribution in [0.2, 0.25) is 0 Å². The molecular weight excluding hydrogens is 404 g/mol. The number of benzene rings is 3. The molecule has 1 unspecified atom stereocenters. The van der Waals surface area contributed by atoms with E-state index in [1.165, 1.54) is 4.90 Å². The Kier molecular flexibility index (Phi) is 6.03. The molecule has 1 heterocycles. The number of imide groups is 1. The summed E-state index contributed by atoms with van der Waals surface area (Å²) in [5, 5.41) is 2.86. The standard InChI is InChI=1S/C26H24N2O4/c1-17-6-10-22(11-7-17)28-24(29)16-20(26(28)31)15-18-4-3-5-19(14-18)25(30)27-21-8-12-23(32-2)13-9-21/h3-14,20H,15-16H2,1-2H3,(H,27,30). The maximum absolute atomic E-state index is 12.9. The summed E-state index contributed by atoms with van der Waals surface area (Å²) in [6.45, 7) is 1.96. The summed E-state index contributed by atoms with van der Waals surface area (Å²) in [7, 11) is 1.59. The van der Waals surface area contributed by atoms with Crippen molar-refractivity contribution >= 4 is 29.1 Å². The van der Waals surface area contributed by atoms with E-state index in [1.54, 1.807) is 61.7 Å². The molecular formula is C26H24N2O4. The van der Waals surface area contributed by atoms with Gasteiger partial charge in [0.25, 0.3) is 5.91 Å². The molecule has 1 aliphatic heterocycles. The van der Waals surface area contributed by atoms with Crippen molar-refractivity contribution in [2.45, 2.75) is 19.8 Å². The summed E-state index contributed by atoms with van der Waals surface area (Å²) < 4.78 is 5.13. The summed E-state index contributed by atoms with van der Waals surface area (Å²) in [6, 6.07) is 21.6. The van der Waals surface area contributed by atoms with E-state index >= 15 is 0 Å². The molecule has 1 N–H and O–H groups in total. The van der Waals surface area contributed by atoms with Crippen molar-refractivity contribution in [2.24, 2.45) is 5.92 Å². The number of hydrogen-bond acceptors (Lipinski definition) is 4. The Morgan fingerprint density at radius 1 is 1.03 bits per heavy atom. The van der Waals surface area contributed by atoms with Crippen LogP contribution in [0.25, 0.3) is 0 Å². The normalized spacial score (nSPS) is 15.7. The van der Waals surface area contributed by atoms with Crippen LogP contribution in [0.15, 0.2) is 72.8 Å². The van der Waals surface area contributed by atoms with E-state index in [2.05, 4.69) is 5.32 Å². The molecule has 0 aromatic heterocycles. The minimum absolute atomic E-state index is 0.162. The Bertz CT molecular complexity index is 1150. The second-order valence-electron chi connectivity index (χ2n) is 7.89. The molecule has 1 atom stereocenters. The van der Waals surface area contributed by atoms with E-state index < -0.39 is 5.92 Å². The van der Waals surface area contributed by atoms with Crippen molar-refractivity contribution in [3.05, 3.63) is 89.5 Å². The Morgan fingerprint density at radius 3 is 2.44 bits per heavy atom. The van der Waals surface area contributed by atoms with Gasteiger partial charge in [-0.2, -0.15) is 0 Å². The van der Waals surface area contributed by atoms with Gasteiger partial charge >= 0.3 is 0 Å². The number of aryl methyl sites for hydroxylation is 1. The molecule has 1 saturated heterocycles. The smallest absolute Gasteiger partial charge is 0.255 e. The zero-order chi connectivity index (χ0) is 22.7. The molecule has 1 aliphatic rings. The molecule has 32 heavy (non-hydrogen) atoms. The third kappa shape index (κ3) is 4.54. The third-order valence-electron chi connectivity index (χ3n) is 5.55. The SMILES string of the molecule is COc1ccc(NC(=O)c2cccc(CC3CC(=O)N(c4ccc(C)cc4)C3=O)c2)cc1. The average molecular weight is 428 g/mol. The maximum atomic E-state index is 12.9. The number of anilines is 2. The lowest BCUT2D eigenvalue weighted by Crippen LogP contribution is -2.30. The Hall–Kier alpha value is -3.93. The van der Waals surface area contributed by atoms with Crippen LogP contribution in [-0.4, -0.2) is 24.8 Å². The summed E-state index contributed by atoms with van der Waals surface area (Å²) in [5.74, 6) is -0.375. The summed E-state index contributed by atoms with van der Waals surface area (Å²) in [4.78, 5) is 39.4. The number of amides is 3. The van der Waals surface area contributed by atoms with E-state index in [0.717, 1.165) is 11.1 Å². The lowest BCUT2D eigenvalue weighted by Gasteiger charge is -2.15. The van der Waals surface area contributed by atoms with E-state index in [-0.39, 0.29) is 24.1 Å². The van der Waals surface area contributed by atoms with Crippen LogP contribution in [0.3, 0.4) is 0 Å². The van der Waals surface area contributed by atoms with E-state index in [9.17, 15) is 14.4 Å². The van der Waals surface area contributed by atoms with Gasteiger partial charge in [-0.15, -0.1) is 0 Å². The van der Waals surface area contributed by atoms with Crippen molar-refractivity contribution < 1.29 is 19.1 Å². The minimum Gasteiger partial charge on any atom is -0.497 e.